The normalized spacial score (nSPS) is 15.7. The van der Waals surface area contributed by atoms with Gasteiger partial charge in [0.25, 0.3) is 0 Å². The van der Waals surface area contributed by atoms with Gasteiger partial charge in [0.05, 0.1) is 47.9 Å². The maximum atomic E-state index is 14.9. The van der Waals surface area contributed by atoms with E-state index in [9.17, 15) is 18.8 Å². The molecule has 1 aliphatic heterocycles. The zero-order chi connectivity index (χ0) is 29.6. The molecule has 42 heavy (non-hydrogen) atoms. The highest BCUT2D eigenvalue weighted by molar-refractivity contribution is 6.31. The molecule has 0 radical (unpaired) electrons. The van der Waals surface area contributed by atoms with Gasteiger partial charge in [0, 0.05) is 23.6 Å². The van der Waals surface area contributed by atoms with Crippen LogP contribution in [0.4, 0.5) is 10.1 Å². The van der Waals surface area contributed by atoms with Crippen molar-refractivity contribution >= 4 is 41.1 Å². The second-order valence-corrected chi connectivity index (χ2v) is 9.62. The molecule has 4 aromatic rings. The Morgan fingerprint density at radius 2 is 2.12 bits per heavy atom. The third-order valence-electron chi connectivity index (χ3n) is 6.41. The number of halogens is 2. The molecule has 2 aromatic heterocycles. The average Bonchev–Trinajstić information content (AvgIpc) is 3.68. The SMILES string of the molecule is COC(=O)Cc1ccc2c(c1)NC(=O)C/C=C/C[C@H](NC(=O)/C=C/c1c(-n3cnnn3)ccc(Cl)c1F)c1ncc-2[nH]1. The van der Waals surface area contributed by atoms with Crippen molar-refractivity contribution < 1.29 is 23.5 Å². The van der Waals surface area contributed by atoms with Gasteiger partial charge >= 0.3 is 5.97 Å². The Bertz CT molecular complexity index is 1700. The molecule has 0 saturated heterocycles. The molecular weight excluding hydrogens is 567 g/mol. The van der Waals surface area contributed by atoms with Gasteiger partial charge in [0.1, 0.15) is 12.2 Å². The number of esters is 1. The lowest BCUT2D eigenvalue weighted by molar-refractivity contribution is -0.139. The fourth-order valence-corrected chi connectivity index (χ4v) is 4.52. The van der Waals surface area contributed by atoms with Crippen molar-refractivity contribution in [1.82, 2.24) is 35.5 Å². The molecule has 0 fully saturated rings. The van der Waals surface area contributed by atoms with E-state index in [1.54, 1.807) is 36.5 Å². The minimum absolute atomic E-state index is 0.0259. The number of amides is 2. The Kier molecular flexibility index (Phi) is 8.48. The van der Waals surface area contributed by atoms with E-state index in [1.165, 1.54) is 42.4 Å². The molecule has 0 unspecified atom stereocenters. The third kappa shape index (κ3) is 6.41. The van der Waals surface area contributed by atoms with Crippen molar-refractivity contribution in [2.24, 2.45) is 0 Å². The van der Waals surface area contributed by atoms with Gasteiger partial charge < -0.3 is 20.4 Å². The van der Waals surface area contributed by atoms with E-state index in [1.807, 2.05) is 0 Å². The molecule has 0 spiro atoms. The van der Waals surface area contributed by atoms with Gasteiger partial charge in [-0.2, -0.15) is 4.68 Å². The molecule has 0 aliphatic carbocycles. The first kappa shape index (κ1) is 28.4. The van der Waals surface area contributed by atoms with Crippen LogP contribution in [-0.4, -0.2) is 55.1 Å². The summed E-state index contributed by atoms with van der Waals surface area (Å²) in [6.45, 7) is 0. The number of anilines is 1. The van der Waals surface area contributed by atoms with Gasteiger partial charge in [0.15, 0.2) is 5.82 Å². The smallest absolute Gasteiger partial charge is 0.309 e. The highest BCUT2D eigenvalue weighted by Gasteiger charge is 2.20. The van der Waals surface area contributed by atoms with E-state index in [-0.39, 0.29) is 29.3 Å². The van der Waals surface area contributed by atoms with Crippen LogP contribution < -0.4 is 10.6 Å². The topological polar surface area (TPSA) is 157 Å². The van der Waals surface area contributed by atoms with Crippen LogP contribution in [0.2, 0.25) is 5.02 Å². The molecule has 214 valence electrons. The maximum absolute atomic E-state index is 14.9. The number of rotatable bonds is 6. The molecule has 2 bridgehead atoms. The van der Waals surface area contributed by atoms with Crippen LogP contribution in [0.3, 0.4) is 0 Å². The molecule has 3 heterocycles. The van der Waals surface area contributed by atoms with Crippen molar-refractivity contribution in [2.45, 2.75) is 25.3 Å². The van der Waals surface area contributed by atoms with Gasteiger partial charge in [-0.3, -0.25) is 14.4 Å². The number of imidazole rings is 1. The number of carbonyl (C=O) groups is 3. The Hall–Kier alpha value is -5.17. The Morgan fingerprint density at radius 3 is 2.90 bits per heavy atom. The highest BCUT2D eigenvalue weighted by Crippen LogP contribution is 2.30. The molecule has 1 aliphatic rings. The minimum Gasteiger partial charge on any atom is -0.469 e. The van der Waals surface area contributed by atoms with Crippen LogP contribution in [0.25, 0.3) is 23.0 Å². The van der Waals surface area contributed by atoms with Crippen molar-refractivity contribution in [3.63, 3.8) is 0 Å². The van der Waals surface area contributed by atoms with Gasteiger partial charge in [-0.25, -0.2) is 9.37 Å². The number of carbonyl (C=O) groups excluding carboxylic acids is 3. The van der Waals surface area contributed by atoms with E-state index in [0.29, 0.717) is 40.4 Å². The Morgan fingerprint density at radius 1 is 1.26 bits per heavy atom. The standard InChI is InChI=1S/C28H24ClFN8O4/c1-42-26(41)13-16-6-7-17-21(12-16)34-24(39)5-3-2-4-20(28-31-14-22(17)35-28)33-25(40)11-8-18-23(38-15-32-36-37-38)10-9-19(29)27(18)30/h2-3,6-12,14-15,20H,4-5,13H2,1H3,(H,31,35)(H,33,40)(H,34,39)/b3-2+,11-8+/t20-/m0/s1. The number of H-pyrrole nitrogens is 1. The minimum atomic E-state index is -0.731. The van der Waals surface area contributed by atoms with Gasteiger partial charge in [-0.05, 0) is 46.7 Å². The third-order valence-corrected chi connectivity index (χ3v) is 6.71. The number of hydrogen-bond donors (Lipinski definition) is 3. The van der Waals surface area contributed by atoms with Crippen LogP contribution >= 0.6 is 11.6 Å². The first-order valence-electron chi connectivity index (χ1n) is 12.7. The second kappa shape index (κ2) is 12.6. The van der Waals surface area contributed by atoms with Crippen LogP contribution in [0, 0.1) is 5.82 Å². The number of methoxy groups -OCH3 is 1. The maximum Gasteiger partial charge on any atom is 0.309 e. The predicted octanol–water partition coefficient (Wildman–Crippen LogP) is 3.72. The fraction of sp³-hybridized carbons (Fsp3) is 0.179. The number of fused-ring (bicyclic) bond motifs is 4. The summed E-state index contributed by atoms with van der Waals surface area (Å²) >= 11 is 5.97. The molecule has 0 saturated carbocycles. The number of aromatic amines is 1. The quantitative estimate of drug-likeness (QED) is 0.174. The molecular formula is C28H24ClFN8O4. The molecule has 12 nitrogen and oxygen atoms in total. The van der Waals surface area contributed by atoms with Crippen LogP contribution in [0.1, 0.15) is 35.8 Å². The Balaban J connectivity index is 1.41. The molecule has 2 aromatic carbocycles. The lowest BCUT2D eigenvalue weighted by atomic mass is 10.0. The number of benzene rings is 2. The van der Waals surface area contributed by atoms with Gasteiger partial charge in [0.2, 0.25) is 11.8 Å². The largest absolute Gasteiger partial charge is 0.469 e. The summed E-state index contributed by atoms with van der Waals surface area (Å²) in [5.41, 5.74) is 2.73. The van der Waals surface area contributed by atoms with Gasteiger partial charge in [-0.15, -0.1) is 5.10 Å². The van der Waals surface area contributed by atoms with Crippen molar-refractivity contribution in [2.75, 3.05) is 12.4 Å². The molecule has 1 atom stereocenters. The number of nitrogens with zero attached hydrogens (tertiary/aromatic N) is 5. The van der Waals surface area contributed by atoms with Crippen LogP contribution in [0.5, 0.6) is 0 Å². The summed E-state index contributed by atoms with van der Waals surface area (Å²) in [5, 5.41) is 16.5. The Labute approximate surface area is 243 Å². The summed E-state index contributed by atoms with van der Waals surface area (Å²) < 4.78 is 20.9. The lowest BCUT2D eigenvalue weighted by Gasteiger charge is -2.15. The monoisotopic (exact) mass is 590 g/mol. The first-order valence-corrected chi connectivity index (χ1v) is 13.1. The highest BCUT2D eigenvalue weighted by atomic mass is 35.5. The summed E-state index contributed by atoms with van der Waals surface area (Å²) in [6.07, 6.45) is 9.27. The zero-order valence-corrected chi connectivity index (χ0v) is 22.9. The summed E-state index contributed by atoms with van der Waals surface area (Å²) in [7, 11) is 1.31. The number of ether oxygens (including phenoxy) is 1. The van der Waals surface area contributed by atoms with E-state index < -0.39 is 23.7 Å². The molecule has 5 rings (SSSR count). The van der Waals surface area contributed by atoms with Crippen LogP contribution in [-0.2, 0) is 25.5 Å². The number of aromatic nitrogens is 6. The summed E-state index contributed by atoms with van der Waals surface area (Å²) in [4.78, 5) is 45.1. The molecule has 14 heteroatoms. The first-order chi connectivity index (χ1) is 20.3. The van der Waals surface area contributed by atoms with E-state index in [0.717, 1.165) is 0 Å². The average molecular weight is 591 g/mol. The fourth-order valence-electron chi connectivity index (χ4n) is 4.36. The second-order valence-electron chi connectivity index (χ2n) is 9.22. The van der Waals surface area contributed by atoms with Crippen molar-refractivity contribution in [3.8, 4) is 16.9 Å². The summed E-state index contributed by atoms with van der Waals surface area (Å²) in [5.74, 6) is -1.45. The van der Waals surface area contributed by atoms with Crippen LogP contribution in [0.15, 0.2) is 61.1 Å². The van der Waals surface area contributed by atoms with Gasteiger partial charge in [-0.1, -0.05) is 35.9 Å². The van der Waals surface area contributed by atoms with E-state index in [2.05, 4.69) is 36.1 Å². The lowest BCUT2D eigenvalue weighted by Crippen LogP contribution is -2.27. The number of tetrazole rings is 1. The summed E-state index contributed by atoms with van der Waals surface area (Å²) in [6, 6.07) is 7.55. The molecule has 3 N–H and O–H groups in total. The van der Waals surface area contributed by atoms with Crippen molar-refractivity contribution in [3.05, 3.63) is 88.9 Å². The molecule has 2 amide bonds. The predicted molar refractivity (Wildman–Crippen MR) is 151 cm³/mol. The van der Waals surface area contributed by atoms with E-state index in [4.69, 9.17) is 16.3 Å². The van der Waals surface area contributed by atoms with Crippen molar-refractivity contribution in [1.29, 1.82) is 0 Å². The zero-order valence-electron chi connectivity index (χ0n) is 22.2. The van der Waals surface area contributed by atoms with E-state index >= 15 is 0 Å². The number of hydrogen-bond acceptors (Lipinski definition) is 8. The number of nitrogens with one attached hydrogen (secondary N) is 3.